The monoisotopic (exact) mass is 320 g/mol. The van der Waals surface area contributed by atoms with Gasteiger partial charge in [0.1, 0.15) is 5.69 Å². The largest absolute Gasteiger partial charge is 0.350 e. The molecule has 0 radical (unpaired) electrons. The van der Waals surface area contributed by atoms with E-state index in [-0.39, 0.29) is 11.2 Å². The molecule has 1 N–H and O–H groups in total. The molecule has 2 unspecified atom stereocenters. The molecule has 1 rings (SSSR count). The Morgan fingerprint density at radius 2 is 2.29 bits per heavy atom. The second-order valence-corrected chi connectivity index (χ2v) is 6.57. The summed E-state index contributed by atoms with van der Waals surface area (Å²) in [4.78, 5) is 11.9. The molecule has 1 aromatic heterocycles. The summed E-state index contributed by atoms with van der Waals surface area (Å²) in [5, 5.41) is 2.76. The molecular formula is C11H17BrN2O2S. The first-order valence-corrected chi connectivity index (χ1v) is 7.83. The summed E-state index contributed by atoms with van der Waals surface area (Å²) in [6.07, 6.45) is 3.51. The zero-order valence-corrected chi connectivity index (χ0v) is 12.6. The standard InChI is InChI=1S/C11H17BrN2O2S/c1-4-14-7-9(12)5-10(14)11(15)13-6-8(2)17(3)16/h5,7-8H,4,6H2,1-3H3,(H,13,15). The zero-order valence-electron chi connectivity index (χ0n) is 10.2. The number of nitrogens with zero attached hydrogens (tertiary/aromatic N) is 1. The molecule has 6 heteroatoms. The van der Waals surface area contributed by atoms with Gasteiger partial charge in [-0.05, 0) is 35.8 Å². The predicted octanol–water partition coefficient (Wildman–Crippen LogP) is 1.77. The Kier molecular flexibility index (Phi) is 5.39. The van der Waals surface area contributed by atoms with E-state index in [1.807, 2.05) is 24.6 Å². The van der Waals surface area contributed by atoms with Gasteiger partial charge in [-0.3, -0.25) is 9.00 Å². The molecule has 0 spiro atoms. The van der Waals surface area contributed by atoms with Crippen LogP contribution in [0.4, 0.5) is 0 Å². The molecule has 0 bridgehead atoms. The Hall–Kier alpha value is -0.620. The summed E-state index contributed by atoms with van der Waals surface area (Å²) >= 11 is 3.35. The lowest BCUT2D eigenvalue weighted by Crippen LogP contribution is -2.33. The highest BCUT2D eigenvalue weighted by atomic mass is 79.9. The lowest BCUT2D eigenvalue weighted by atomic mass is 10.3. The van der Waals surface area contributed by atoms with E-state index in [0.717, 1.165) is 11.0 Å². The van der Waals surface area contributed by atoms with Crippen molar-refractivity contribution < 1.29 is 9.00 Å². The van der Waals surface area contributed by atoms with Crippen molar-refractivity contribution in [1.82, 2.24) is 9.88 Å². The summed E-state index contributed by atoms with van der Waals surface area (Å²) in [7, 11) is -0.916. The molecule has 4 nitrogen and oxygen atoms in total. The molecule has 0 fully saturated rings. The second-order valence-electron chi connectivity index (χ2n) is 3.85. The van der Waals surface area contributed by atoms with E-state index in [1.54, 1.807) is 12.3 Å². The number of aryl methyl sites for hydroxylation is 1. The van der Waals surface area contributed by atoms with E-state index in [0.29, 0.717) is 12.2 Å². The first-order chi connectivity index (χ1) is 7.95. The minimum Gasteiger partial charge on any atom is -0.350 e. The molecule has 0 aliphatic heterocycles. The second kappa shape index (κ2) is 6.35. The Labute approximate surface area is 112 Å². The third-order valence-electron chi connectivity index (χ3n) is 2.55. The van der Waals surface area contributed by atoms with Crippen LogP contribution in [0.1, 0.15) is 24.3 Å². The fraction of sp³-hybridized carbons (Fsp3) is 0.545. The highest BCUT2D eigenvalue weighted by molar-refractivity contribution is 9.10. The van der Waals surface area contributed by atoms with Crippen molar-refractivity contribution in [3.8, 4) is 0 Å². The van der Waals surface area contributed by atoms with Crippen LogP contribution in [0.5, 0.6) is 0 Å². The van der Waals surface area contributed by atoms with E-state index < -0.39 is 10.8 Å². The molecular weight excluding hydrogens is 304 g/mol. The van der Waals surface area contributed by atoms with Gasteiger partial charge in [-0.25, -0.2) is 0 Å². The van der Waals surface area contributed by atoms with Gasteiger partial charge < -0.3 is 9.88 Å². The molecule has 1 aromatic rings. The number of carbonyl (C=O) groups is 1. The topological polar surface area (TPSA) is 51.1 Å². The van der Waals surface area contributed by atoms with Crippen LogP contribution in [0.25, 0.3) is 0 Å². The maximum absolute atomic E-state index is 11.9. The van der Waals surface area contributed by atoms with E-state index >= 15 is 0 Å². The van der Waals surface area contributed by atoms with Gasteiger partial charge in [-0.2, -0.15) is 0 Å². The molecule has 0 aromatic carbocycles. The van der Waals surface area contributed by atoms with Crippen LogP contribution in [-0.2, 0) is 17.3 Å². The van der Waals surface area contributed by atoms with Crippen LogP contribution in [0.3, 0.4) is 0 Å². The van der Waals surface area contributed by atoms with Crippen molar-refractivity contribution in [2.75, 3.05) is 12.8 Å². The number of nitrogens with one attached hydrogen (secondary N) is 1. The lowest BCUT2D eigenvalue weighted by Gasteiger charge is -2.11. The maximum atomic E-state index is 11.9. The summed E-state index contributed by atoms with van der Waals surface area (Å²) in [6, 6.07) is 1.78. The molecule has 2 atom stereocenters. The number of rotatable bonds is 5. The SMILES string of the molecule is CCn1cc(Br)cc1C(=O)NCC(C)S(C)=O. The van der Waals surface area contributed by atoms with Crippen LogP contribution in [0, 0.1) is 0 Å². The summed E-state index contributed by atoms with van der Waals surface area (Å²) < 4.78 is 13.9. The van der Waals surface area contributed by atoms with Gasteiger partial charge in [0.25, 0.3) is 5.91 Å². The number of hydrogen-bond donors (Lipinski definition) is 1. The van der Waals surface area contributed by atoms with Gasteiger partial charge in [0.2, 0.25) is 0 Å². The lowest BCUT2D eigenvalue weighted by molar-refractivity contribution is 0.0945. The fourth-order valence-electron chi connectivity index (χ4n) is 1.37. The van der Waals surface area contributed by atoms with Crippen molar-refractivity contribution >= 4 is 32.6 Å². The van der Waals surface area contributed by atoms with Crippen molar-refractivity contribution in [3.05, 3.63) is 22.4 Å². The van der Waals surface area contributed by atoms with Crippen molar-refractivity contribution in [2.45, 2.75) is 25.6 Å². The molecule has 1 amide bonds. The Bertz CT molecular complexity index is 431. The van der Waals surface area contributed by atoms with E-state index in [9.17, 15) is 9.00 Å². The molecule has 1 heterocycles. The number of carbonyl (C=O) groups excluding carboxylic acids is 1. The van der Waals surface area contributed by atoms with E-state index in [1.165, 1.54) is 0 Å². The van der Waals surface area contributed by atoms with E-state index in [2.05, 4.69) is 21.2 Å². The number of hydrogen-bond acceptors (Lipinski definition) is 2. The molecule has 0 aliphatic rings. The van der Waals surface area contributed by atoms with Crippen LogP contribution < -0.4 is 5.32 Å². The van der Waals surface area contributed by atoms with Gasteiger partial charge in [0.05, 0.1) is 0 Å². The smallest absolute Gasteiger partial charge is 0.267 e. The van der Waals surface area contributed by atoms with E-state index in [4.69, 9.17) is 0 Å². The Morgan fingerprint density at radius 1 is 1.65 bits per heavy atom. The quantitative estimate of drug-likeness (QED) is 0.898. The first-order valence-electron chi connectivity index (χ1n) is 5.41. The average molecular weight is 321 g/mol. The Morgan fingerprint density at radius 3 is 2.82 bits per heavy atom. The minimum absolute atomic E-state index is 0.0348. The highest BCUT2D eigenvalue weighted by Crippen LogP contribution is 2.14. The van der Waals surface area contributed by atoms with Gasteiger partial charge in [0, 0.05) is 46.1 Å². The maximum Gasteiger partial charge on any atom is 0.267 e. The third-order valence-corrected chi connectivity index (χ3v) is 4.29. The fourth-order valence-corrected chi connectivity index (χ4v) is 2.15. The van der Waals surface area contributed by atoms with Crippen molar-refractivity contribution in [2.24, 2.45) is 0 Å². The van der Waals surface area contributed by atoms with Gasteiger partial charge in [-0.1, -0.05) is 0 Å². The highest BCUT2D eigenvalue weighted by Gasteiger charge is 2.14. The number of halogens is 1. The van der Waals surface area contributed by atoms with Crippen LogP contribution >= 0.6 is 15.9 Å². The van der Waals surface area contributed by atoms with Crippen molar-refractivity contribution in [3.63, 3.8) is 0 Å². The zero-order chi connectivity index (χ0) is 13.0. The first kappa shape index (κ1) is 14.4. The summed E-state index contributed by atoms with van der Waals surface area (Å²) in [6.45, 7) is 5.00. The molecule has 0 saturated heterocycles. The Balaban J connectivity index is 2.66. The molecule has 96 valence electrons. The van der Waals surface area contributed by atoms with Crippen LogP contribution in [-0.4, -0.2) is 32.7 Å². The molecule has 0 saturated carbocycles. The molecule has 17 heavy (non-hydrogen) atoms. The third kappa shape index (κ3) is 3.96. The van der Waals surface area contributed by atoms with Gasteiger partial charge >= 0.3 is 0 Å². The number of amides is 1. The molecule has 0 aliphatic carbocycles. The average Bonchev–Trinajstić information content (AvgIpc) is 2.66. The predicted molar refractivity (Wildman–Crippen MR) is 73.7 cm³/mol. The normalized spacial score (nSPS) is 14.4. The van der Waals surface area contributed by atoms with Gasteiger partial charge in [0.15, 0.2) is 0 Å². The minimum atomic E-state index is -0.916. The van der Waals surface area contributed by atoms with Gasteiger partial charge in [-0.15, -0.1) is 0 Å². The van der Waals surface area contributed by atoms with Crippen LogP contribution in [0.15, 0.2) is 16.7 Å². The van der Waals surface area contributed by atoms with Crippen LogP contribution in [0.2, 0.25) is 0 Å². The summed E-state index contributed by atoms with van der Waals surface area (Å²) in [5.41, 5.74) is 0.619. The summed E-state index contributed by atoms with van der Waals surface area (Å²) in [5.74, 6) is -0.130. The van der Waals surface area contributed by atoms with Crippen molar-refractivity contribution in [1.29, 1.82) is 0 Å². The number of aromatic nitrogens is 1.